The molecule has 0 aromatic heterocycles. The quantitative estimate of drug-likeness (QED) is 0.135. The third-order valence-corrected chi connectivity index (χ3v) is 4.56. The van der Waals surface area contributed by atoms with Crippen LogP contribution in [0.3, 0.4) is 0 Å². The molecular formula is C18H35N5O5S. The zero-order valence-corrected chi connectivity index (χ0v) is 18.2. The highest BCUT2D eigenvalue weighted by Crippen LogP contribution is 2.04. The highest BCUT2D eigenvalue weighted by atomic mass is 32.1. The van der Waals surface area contributed by atoms with Crippen LogP contribution in [-0.2, 0) is 19.2 Å². The van der Waals surface area contributed by atoms with Gasteiger partial charge in [-0.05, 0) is 45.1 Å². The minimum atomic E-state index is -1.16. The fourth-order valence-electron chi connectivity index (χ4n) is 2.51. The summed E-state index contributed by atoms with van der Waals surface area (Å²) in [6.45, 7) is 5.71. The number of hydrogen-bond donors (Lipinski definition) is 7. The molecule has 0 spiro atoms. The van der Waals surface area contributed by atoms with E-state index in [0.717, 1.165) is 0 Å². The summed E-state index contributed by atoms with van der Waals surface area (Å²) in [5.41, 5.74) is 11.2. The number of carboxylic acids is 1. The Kier molecular flexibility index (Phi) is 13.3. The van der Waals surface area contributed by atoms with Gasteiger partial charge in [-0.2, -0.15) is 12.6 Å². The Morgan fingerprint density at radius 2 is 1.52 bits per heavy atom. The summed E-state index contributed by atoms with van der Waals surface area (Å²) in [6, 6.07) is -3.79. The Labute approximate surface area is 177 Å². The van der Waals surface area contributed by atoms with E-state index in [1.807, 2.05) is 13.8 Å². The molecule has 4 unspecified atom stereocenters. The van der Waals surface area contributed by atoms with E-state index >= 15 is 0 Å². The lowest BCUT2D eigenvalue weighted by Gasteiger charge is -2.23. The molecule has 0 bridgehead atoms. The van der Waals surface area contributed by atoms with E-state index < -0.39 is 47.9 Å². The van der Waals surface area contributed by atoms with Gasteiger partial charge >= 0.3 is 5.97 Å². The predicted octanol–water partition coefficient (Wildman–Crippen LogP) is -1.02. The molecule has 0 aliphatic heterocycles. The molecule has 11 heteroatoms. The topological polar surface area (TPSA) is 177 Å². The minimum absolute atomic E-state index is 0.0111. The van der Waals surface area contributed by atoms with Gasteiger partial charge in [-0.1, -0.05) is 13.8 Å². The zero-order chi connectivity index (χ0) is 22.6. The van der Waals surface area contributed by atoms with E-state index in [0.29, 0.717) is 25.8 Å². The Morgan fingerprint density at radius 3 is 2.00 bits per heavy atom. The lowest BCUT2D eigenvalue weighted by molar-refractivity contribution is -0.142. The van der Waals surface area contributed by atoms with E-state index in [4.69, 9.17) is 11.5 Å². The molecule has 8 N–H and O–H groups in total. The number of thiol groups is 1. The molecule has 0 saturated carbocycles. The van der Waals surface area contributed by atoms with Crippen LogP contribution in [0.5, 0.6) is 0 Å². The number of rotatable bonds is 14. The van der Waals surface area contributed by atoms with Crippen molar-refractivity contribution >= 4 is 36.3 Å². The number of carboxylic acid groups (broad SMARTS) is 1. The summed E-state index contributed by atoms with van der Waals surface area (Å²) in [5.74, 6) is -2.65. The van der Waals surface area contributed by atoms with Crippen LogP contribution >= 0.6 is 12.6 Å². The molecule has 0 fully saturated rings. The van der Waals surface area contributed by atoms with Crippen molar-refractivity contribution in [2.75, 3.05) is 12.3 Å². The molecule has 168 valence electrons. The number of amides is 3. The van der Waals surface area contributed by atoms with E-state index in [1.54, 1.807) is 0 Å². The molecule has 29 heavy (non-hydrogen) atoms. The number of carbonyl (C=O) groups excluding carboxylic acids is 3. The fraction of sp³-hybridized carbons (Fsp3) is 0.778. The number of nitrogens with two attached hydrogens (primary N) is 2. The molecular weight excluding hydrogens is 398 g/mol. The molecule has 0 aliphatic rings. The Balaban J connectivity index is 4.74. The van der Waals surface area contributed by atoms with Gasteiger partial charge in [0.2, 0.25) is 17.7 Å². The van der Waals surface area contributed by atoms with Gasteiger partial charge in [-0.15, -0.1) is 0 Å². The van der Waals surface area contributed by atoms with Crippen LogP contribution in [0.1, 0.15) is 46.5 Å². The SMILES string of the molecule is CC(C)CC(N)C(=O)NC(CS)C(=O)NC(C)C(=O)NC(CCCCN)C(=O)O. The summed E-state index contributed by atoms with van der Waals surface area (Å²) in [5, 5.41) is 16.6. The van der Waals surface area contributed by atoms with Crippen LogP contribution in [-0.4, -0.2) is 65.3 Å². The van der Waals surface area contributed by atoms with Gasteiger partial charge in [-0.25, -0.2) is 4.79 Å². The van der Waals surface area contributed by atoms with Crippen molar-refractivity contribution in [1.29, 1.82) is 0 Å². The van der Waals surface area contributed by atoms with E-state index in [2.05, 4.69) is 28.6 Å². The van der Waals surface area contributed by atoms with Crippen LogP contribution in [0.2, 0.25) is 0 Å². The smallest absolute Gasteiger partial charge is 0.326 e. The molecule has 0 aliphatic carbocycles. The predicted molar refractivity (Wildman–Crippen MR) is 113 cm³/mol. The zero-order valence-electron chi connectivity index (χ0n) is 17.3. The Bertz CT molecular complexity index is 561. The lowest BCUT2D eigenvalue weighted by atomic mass is 10.0. The fourth-order valence-corrected chi connectivity index (χ4v) is 2.77. The van der Waals surface area contributed by atoms with E-state index in [9.17, 15) is 24.3 Å². The number of unbranched alkanes of at least 4 members (excludes halogenated alkanes) is 1. The van der Waals surface area contributed by atoms with Crippen LogP contribution in [0.4, 0.5) is 0 Å². The van der Waals surface area contributed by atoms with Crippen LogP contribution in [0, 0.1) is 5.92 Å². The maximum atomic E-state index is 12.4. The van der Waals surface area contributed by atoms with Gasteiger partial charge < -0.3 is 32.5 Å². The molecule has 10 nitrogen and oxygen atoms in total. The Morgan fingerprint density at radius 1 is 0.931 bits per heavy atom. The van der Waals surface area contributed by atoms with Gasteiger partial charge in [0, 0.05) is 5.75 Å². The Hall–Kier alpha value is -1.85. The largest absolute Gasteiger partial charge is 0.480 e. The number of hydrogen-bond acceptors (Lipinski definition) is 7. The molecule has 0 rings (SSSR count). The maximum absolute atomic E-state index is 12.4. The van der Waals surface area contributed by atoms with Crippen molar-refractivity contribution in [3.8, 4) is 0 Å². The van der Waals surface area contributed by atoms with Crippen molar-refractivity contribution in [1.82, 2.24) is 16.0 Å². The van der Waals surface area contributed by atoms with Crippen molar-refractivity contribution in [2.45, 2.75) is 70.6 Å². The number of nitrogens with one attached hydrogen (secondary N) is 3. The van der Waals surface area contributed by atoms with Crippen LogP contribution in [0.25, 0.3) is 0 Å². The highest BCUT2D eigenvalue weighted by Gasteiger charge is 2.27. The summed E-state index contributed by atoms with van der Waals surface area (Å²) < 4.78 is 0. The first-order valence-electron chi connectivity index (χ1n) is 9.73. The van der Waals surface area contributed by atoms with Crippen molar-refractivity contribution in [2.24, 2.45) is 17.4 Å². The standard InChI is InChI=1S/C18H35N5O5S/c1-10(2)8-12(20)16(25)23-14(9-29)17(26)21-11(3)15(24)22-13(18(27)28)6-4-5-7-19/h10-14,29H,4-9,19-20H2,1-3H3,(H,21,26)(H,22,24)(H,23,25)(H,27,28). The van der Waals surface area contributed by atoms with Gasteiger partial charge in [0.25, 0.3) is 0 Å². The molecule has 0 aromatic rings. The van der Waals surface area contributed by atoms with Gasteiger partial charge in [0.05, 0.1) is 6.04 Å². The van der Waals surface area contributed by atoms with Crippen molar-refractivity contribution in [3.63, 3.8) is 0 Å². The summed E-state index contributed by atoms with van der Waals surface area (Å²) in [7, 11) is 0. The normalized spacial score (nSPS) is 15.1. The summed E-state index contributed by atoms with van der Waals surface area (Å²) >= 11 is 4.07. The summed E-state index contributed by atoms with van der Waals surface area (Å²) in [4.78, 5) is 48.0. The monoisotopic (exact) mass is 433 g/mol. The first kappa shape index (κ1) is 27.1. The number of aliphatic carboxylic acids is 1. The van der Waals surface area contributed by atoms with E-state index in [1.165, 1.54) is 6.92 Å². The molecule has 0 radical (unpaired) electrons. The van der Waals surface area contributed by atoms with Crippen LogP contribution < -0.4 is 27.4 Å². The third-order valence-electron chi connectivity index (χ3n) is 4.19. The molecule has 4 atom stereocenters. The lowest BCUT2D eigenvalue weighted by Crippen LogP contribution is -2.57. The second-order valence-electron chi connectivity index (χ2n) is 7.39. The summed E-state index contributed by atoms with van der Waals surface area (Å²) in [6.07, 6.45) is 1.90. The first-order valence-corrected chi connectivity index (χ1v) is 10.4. The van der Waals surface area contributed by atoms with Crippen LogP contribution in [0.15, 0.2) is 0 Å². The minimum Gasteiger partial charge on any atom is -0.480 e. The van der Waals surface area contributed by atoms with Crippen molar-refractivity contribution in [3.05, 3.63) is 0 Å². The van der Waals surface area contributed by atoms with Gasteiger partial charge in [0.1, 0.15) is 18.1 Å². The van der Waals surface area contributed by atoms with E-state index in [-0.39, 0.29) is 18.1 Å². The molecule has 0 heterocycles. The van der Waals surface area contributed by atoms with Gasteiger partial charge in [0.15, 0.2) is 0 Å². The number of carbonyl (C=O) groups is 4. The molecule has 0 aromatic carbocycles. The second-order valence-corrected chi connectivity index (χ2v) is 7.76. The maximum Gasteiger partial charge on any atom is 0.326 e. The average Bonchev–Trinajstić information content (AvgIpc) is 2.63. The molecule has 3 amide bonds. The second kappa shape index (κ2) is 14.2. The average molecular weight is 434 g/mol. The first-order chi connectivity index (χ1) is 13.5. The third kappa shape index (κ3) is 11.1. The highest BCUT2D eigenvalue weighted by molar-refractivity contribution is 7.80. The van der Waals surface area contributed by atoms with Gasteiger partial charge in [-0.3, -0.25) is 14.4 Å². The van der Waals surface area contributed by atoms with Crippen molar-refractivity contribution < 1.29 is 24.3 Å². The molecule has 0 saturated heterocycles.